The Hall–Kier alpha value is -1.41. The molecule has 1 aromatic carbocycles. The van der Waals surface area contributed by atoms with Crippen molar-refractivity contribution in [3.8, 4) is 0 Å². The Morgan fingerprint density at radius 1 is 1.37 bits per heavy atom. The van der Waals surface area contributed by atoms with Crippen molar-refractivity contribution in [2.45, 2.75) is 0 Å². The van der Waals surface area contributed by atoms with E-state index in [9.17, 15) is 9.59 Å². The Morgan fingerprint density at radius 2 is 2.05 bits per heavy atom. The van der Waals surface area contributed by atoms with Gasteiger partial charge in [0.15, 0.2) is 0 Å². The van der Waals surface area contributed by atoms with Gasteiger partial charge in [0.05, 0.1) is 18.8 Å². The molecule has 2 N–H and O–H groups in total. The second-order valence-corrected chi connectivity index (χ2v) is 5.04. The van der Waals surface area contributed by atoms with E-state index in [1.165, 1.54) is 4.90 Å². The number of hydrogen-bond donors (Lipinski definition) is 2. The summed E-state index contributed by atoms with van der Waals surface area (Å²) in [5, 5.41) is 11.5. The predicted molar refractivity (Wildman–Crippen MR) is 82.1 cm³/mol. The number of nitrogens with one attached hydrogen (secondary N) is 1. The highest BCUT2D eigenvalue weighted by molar-refractivity contribution is 14.1. The lowest BCUT2D eigenvalue weighted by molar-refractivity contribution is -0.138. The lowest BCUT2D eigenvalue weighted by Crippen LogP contribution is -2.37. The van der Waals surface area contributed by atoms with E-state index in [1.54, 1.807) is 12.1 Å². The molecule has 0 aliphatic heterocycles. The van der Waals surface area contributed by atoms with Crippen LogP contribution in [0.2, 0.25) is 0 Å². The van der Waals surface area contributed by atoms with Gasteiger partial charge in [-0.3, -0.25) is 14.5 Å². The second-order valence-electron chi connectivity index (χ2n) is 3.88. The van der Waals surface area contributed by atoms with Crippen LogP contribution in [0.15, 0.2) is 36.9 Å². The zero-order valence-electron chi connectivity index (χ0n) is 10.3. The molecule has 19 heavy (non-hydrogen) atoms. The average Bonchev–Trinajstić information content (AvgIpc) is 2.31. The molecule has 0 aliphatic rings. The minimum Gasteiger partial charge on any atom is -0.480 e. The van der Waals surface area contributed by atoms with Gasteiger partial charge in [0.25, 0.3) is 0 Å². The molecule has 0 aliphatic carbocycles. The van der Waals surface area contributed by atoms with Gasteiger partial charge in [-0.05, 0) is 34.7 Å². The highest BCUT2D eigenvalue weighted by Crippen LogP contribution is 2.16. The highest BCUT2D eigenvalue weighted by atomic mass is 127. The van der Waals surface area contributed by atoms with Gasteiger partial charge in [-0.15, -0.1) is 6.58 Å². The van der Waals surface area contributed by atoms with Gasteiger partial charge in [-0.1, -0.05) is 18.2 Å². The quantitative estimate of drug-likeness (QED) is 0.564. The number of rotatable bonds is 7. The minimum absolute atomic E-state index is 0.0172. The van der Waals surface area contributed by atoms with Crippen molar-refractivity contribution in [2.24, 2.45) is 0 Å². The van der Waals surface area contributed by atoms with Crippen LogP contribution in [0.5, 0.6) is 0 Å². The largest absolute Gasteiger partial charge is 0.480 e. The molecule has 0 saturated carbocycles. The van der Waals surface area contributed by atoms with Crippen molar-refractivity contribution in [3.05, 3.63) is 40.5 Å². The van der Waals surface area contributed by atoms with E-state index >= 15 is 0 Å². The summed E-state index contributed by atoms with van der Waals surface area (Å²) in [7, 11) is 0. The van der Waals surface area contributed by atoms with Crippen molar-refractivity contribution >= 4 is 40.2 Å². The van der Waals surface area contributed by atoms with Gasteiger partial charge in [0.2, 0.25) is 5.91 Å². The maximum absolute atomic E-state index is 11.8. The third kappa shape index (κ3) is 5.84. The number of nitrogens with zero attached hydrogens (tertiary/aromatic N) is 1. The first-order chi connectivity index (χ1) is 9.02. The minimum atomic E-state index is -0.969. The maximum Gasteiger partial charge on any atom is 0.317 e. The van der Waals surface area contributed by atoms with E-state index in [0.29, 0.717) is 6.54 Å². The van der Waals surface area contributed by atoms with Gasteiger partial charge < -0.3 is 10.4 Å². The molecule has 0 radical (unpaired) electrons. The van der Waals surface area contributed by atoms with Crippen LogP contribution in [-0.2, 0) is 9.59 Å². The van der Waals surface area contributed by atoms with Gasteiger partial charge in [0.1, 0.15) is 0 Å². The van der Waals surface area contributed by atoms with Crippen LogP contribution in [0.4, 0.5) is 5.69 Å². The molecule has 5 nitrogen and oxygen atoms in total. The first-order valence-corrected chi connectivity index (χ1v) is 6.70. The highest BCUT2D eigenvalue weighted by Gasteiger charge is 2.13. The fourth-order valence-electron chi connectivity index (χ4n) is 1.51. The zero-order valence-corrected chi connectivity index (χ0v) is 12.5. The number of halogens is 1. The summed E-state index contributed by atoms with van der Waals surface area (Å²) in [5.41, 5.74) is 0.724. The molecule has 0 saturated heterocycles. The standard InChI is InChI=1S/C13H15IN2O3/c1-2-7-16(9-13(18)19)8-12(17)15-11-6-4-3-5-10(11)14/h2-6H,1,7-9H2,(H,15,17)(H,18,19). The molecule has 0 aromatic heterocycles. The molecule has 0 atom stereocenters. The Morgan fingerprint density at radius 3 is 2.63 bits per heavy atom. The third-order valence-corrected chi connectivity index (χ3v) is 3.20. The maximum atomic E-state index is 11.8. The van der Waals surface area contributed by atoms with E-state index in [1.807, 2.05) is 18.2 Å². The van der Waals surface area contributed by atoms with E-state index in [2.05, 4.69) is 34.5 Å². The van der Waals surface area contributed by atoms with Crippen LogP contribution in [0.25, 0.3) is 0 Å². The number of benzene rings is 1. The number of anilines is 1. The summed E-state index contributed by atoms with van der Waals surface area (Å²) < 4.78 is 0.932. The van der Waals surface area contributed by atoms with E-state index in [4.69, 9.17) is 5.11 Å². The number of hydrogen-bond acceptors (Lipinski definition) is 3. The molecule has 0 heterocycles. The molecular formula is C13H15IN2O3. The molecule has 0 spiro atoms. The SMILES string of the molecule is C=CCN(CC(=O)O)CC(=O)Nc1ccccc1I. The fraction of sp³-hybridized carbons (Fsp3) is 0.231. The average molecular weight is 374 g/mol. The van der Waals surface area contributed by atoms with E-state index in [0.717, 1.165) is 9.26 Å². The van der Waals surface area contributed by atoms with Crippen LogP contribution in [0.1, 0.15) is 0 Å². The lowest BCUT2D eigenvalue weighted by atomic mass is 10.3. The summed E-state index contributed by atoms with van der Waals surface area (Å²) >= 11 is 2.13. The normalized spacial score (nSPS) is 10.2. The summed E-state index contributed by atoms with van der Waals surface area (Å²) in [6.45, 7) is 3.73. The summed E-state index contributed by atoms with van der Waals surface area (Å²) in [4.78, 5) is 24.0. The van der Waals surface area contributed by atoms with Crippen LogP contribution < -0.4 is 5.32 Å². The summed E-state index contributed by atoms with van der Waals surface area (Å²) in [6.07, 6.45) is 1.57. The van der Waals surface area contributed by atoms with Crippen molar-refractivity contribution in [3.63, 3.8) is 0 Å². The molecule has 0 bridgehead atoms. The van der Waals surface area contributed by atoms with Crippen molar-refractivity contribution in [1.29, 1.82) is 0 Å². The van der Waals surface area contributed by atoms with Crippen molar-refractivity contribution in [2.75, 3.05) is 25.0 Å². The van der Waals surface area contributed by atoms with E-state index < -0.39 is 5.97 Å². The summed E-state index contributed by atoms with van der Waals surface area (Å²) in [5.74, 6) is -1.21. The van der Waals surface area contributed by atoms with Crippen molar-refractivity contribution in [1.82, 2.24) is 4.90 Å². The zero-order chi connectivity index (χ0) is 14.3. The molecule has 102 valence electrons. The molecular weight excluding hydrogens is 359 g/mol. The molecule has 0 fully saturated rings. The number of para-hydroxylation sites is 1. The molecule has 1 amide bonds. The monoisotopic (exact) mass is 374 g/mol. The Labute approximate surface area is 125 Å². The first-order valence-electron chi connectivity index (χ1n) is 5.62. The molecule has 6 heteroatoms. The molecule has 1 rings (SSSR count). The summed E-state index contributed by atoms with van der Waals surface area (Å²) in [6, 6.07) is 7.39. The van der Waals surface area contributed by atoms with Crippen LogP contribution in [-0.4, -0.2) is 41.5 Å². The third-order valence-electron chi connectivity index (χ3n) is 2.26. The lowest BCUT2D eigenvalue weighted by Gasteiger charge is -2.17. The van der Waals surface area contributed by atoms with Crippen LogP contribution in [0, 0.1) is 3.57 Å². The smallest absolute Gasteiger partial charge is 0.317 e. The van der Waals surface area contributed by atoms with Gasteiger partial charge in [0, 0.05) is 10.1 Å². The van der Waals surface area contributed by atoms with Gasteiger partial charge in [-0.2, -0.15) is 0 Å². The second kappa shape index (κ2) is 7.90. The number of carboxylic acid groups (broad SMARTS) is 1. The first kappa shape index (κ1) is 15.6. The molecule has 1 aromatic rings. The van der Waals surface area contributed by atoms with Crippen LogP contribution in [0.3, 0.4) is 0 Å². The predicted octanol–water partition coefficient (Wildman–Crippen LogP) is 1.80. The van der Waals surface area contributed by atoms with Gasteiger partial charge >= 0.3 is 5.97 Å². The van der Waals surface area contributed by atoms with Crippen molar-refractivity contribution < 1.29 is 14.7 Å². The van der Waals surface area contributed by atoms with Crippen LogP contribution >= 0.6 is 22.6 Å². The van der Waals surface area contributed by atoms with E-state index in [-0.39, 0.29) is 19.0 Å². The number of carboxylic acids is 1. The number of aliphatic carboxylic acids is 1. The fourth-order valence-corrected chi connectivity index (χ4v) is 2.04. The molecule has 0 unspecified atom stereocenters. The number of carbonyl (C=O) groups excluding carboxylic acids is 1. The van der Waals surface area contributed by atoms with Gasteiger partial charge in [-0.25, -0.2) is 0 Å². The Balaban J connectivity index is 2.60. The number of amides is 1. The number of carbonyl (C=O) groups is 2. The Bertz CT molecular complexity index is 477. The Kier molecular flexibility index (Phi) is 6.51. The topological polar surface area (TPSA) is 69.6 Å².